The van der Waals surface area contributed by atoms with Crippen LogP contribution in [0.15, 0.2) is 67.3 Å². The number of esters is 1. The number of hydrogen-bond donors (Lipinski definition) is 0. The first kappa shape index (κ1) is 17.3. The van der Waals surface area contributed by atoms with Gasteiger partial charge in [-0.15, -0.1) is 0 Å². The summed E-state index contributed by atoms with van der Waals surface area (Å²) in [5, 5.41) is 4.03. The molecule has 7 heteroatoms. The first-order valence-electron chi connectivity index (χ1n) is 7.98. The zero-order valence-electron chi connectivity index (χ0n) is 14.4. The number of carbonyl (C=O) groups excluding carboxylic acids is 2. The standard InChI is InChI=1S/C19H18N4O3/c1-22(2)18(24)17(14-6-4-3-5-7-14)26-19(25)15-8-10-16(11-9-15)23-13-20-12-21-23/h3-13,17H,1-2H3/t17-/m1/s1. The van der Waals surface area contributed by atoms with Gasteiger partial charge in [0.1, 0.15) is 12.7 Å². The summed E-state index contributed by atoms with van der Waals surface area (Å²) >= 11 is 0. The van der Waals surface area contributed by atoms with Crippen molar-refractivity contribution in [1.82, 2.24) is 19.7 Å². The molecule has 0 spiro atoms. The third-order valence-electron chi connectivity index (χ3n) is 3.78. The van der Waals surface area contributed by atoms with Crippen molar-refractivity contribution >= 4 is 11.9 Å². The monoisotopic (exact) mass is 350 g/mol. The Balaban J connectivity index is 1.80. The zero-order chi connectivity index (χ0) is 18.5. The average molecular weight is 350 g/mol. The van der Waals surface area contributed by atoms with Crippen molar-refractivity contribution in [3.05, 3.63) is 78.4 Å². The van der Waals surface area contributed by atoms with Crippen LogP contribution in [0.3, 0.4) is 0 Å². The quantitative estimate of drug-likeness (QED) is 0.660. The van der Waals surface area contributed by atoms with Gasteiger partial charge in [-0.2, -0.15) is 5.10 Å². The number of rotatable bonds is 5. The smallest absolute Gasteiger partial charge is 0.339 e. The predicted molar refractivity (Wildman–Crippen MR) is 94.7 cm³/mol. The molecular formula is C19H18N4O3. The topological polar surface area (TPSA) is 77.3 Å². The van der Waals surface area contributed by atoms with Gasteiger partial charge in [-0.25, -0.2) is 14.5 Å². The lowest BCUT2D eigenvalue weighted by atomic mass is 10.1. The maximum Gasteiger partial charge on any atom is 0.339 e. The Kier molecular flexibility index (Phi) is 5.07. The molecule has 0 radical (unpaired) electrons. The number of amides is 1. The fourth-order valence-electron chi connectivity index (χ4n) is 2.39. The van der Waals surface area contributed by atoms with E-state index in [4.69, 9.17) is 4.74 Å². The predicted octanol–water partition coefficient (Wildman–Crippen LogP) is 2.25. The van der Waals surface area contributed by atoms with Gasteiger partial charge in [0.15, 0.2) is 0 Å². The Labute approximate surface area is 150 Å². The van der Waals surface area contributed by atoms with Crippen LogP contribution in [-0.2, 0) is 9.53 Å². The summed E-state index contributed by atoms with van der Waals surface area (Å²) in [4.78, 5) is 30.3. The first-order chi connectivity index (χ1) is 12.6. The minimum absolute atomic E-state index is 0.302. The molecule has 1 atom stereocenters. The van der Waals surface area contributed by atoms with E-state index in [1.807, 2.05) is 6.07 Å². The molecule has 7 nitrogen and oxygen atoms in total. The van der Waals surface area contributed by atoms with Gasteiger partial charge in [-0.1, -0.05) is 30.3 Å². The zero-order valence-corrected chi connectivity index (χ0v) is 14.4. The molecule has 2 aromatic carbocycles. The molecule has 0 aliphatic rings. The SMILES string of the molecule is CN(C)C(=O)[C@H](OC(=O)c1ccc(-n2cncn2)cc1)c1ccccc1. The van der Waals surface area contributed by atoms with Gasteiger partial charge in [-0.05, 0) is 24.3 Å². The van der Waals surface area contributed by atoms with Gasteiger partial charge in [0, 0.05) is 19.7 Å². The molecule has 1 heterocycles. The van der Waals surface area contributed by atoms with Crippen LogP contribution in [0.1, 0.15) is 22.0 Å². The Morgan fingerprint density at radius 3 is 2.31 bits per heavy atom. The second-order valence-corrected chi connectivity index (χ2v) is 5.82. The van der Waals surface area contributed by atoms with E-state index < -0.39 is 12.1 Å². The van der Waals surface area contributed by atoms with Crippen LogP contribution in [-0.4, -0.2) is 45.6 Å². The summed E-state index contributed by atoms with van der Waals surface area (Å²) in [6.07, 6.45) is 2.00. The molecule has 0 fully saturated rings. The number of likely N-dealkylation sites (N-methyl/N-ethyl adjacent to an activating group) is 1. The van der Waals surface area contributed by atoms with E-state index in [0.717, 1.165) is 5.69 Å². The maximum absolute atomic E-state index is 12.5. The molecule has 1 aromatic heterocycles. The van der Waals surface area contributed by atoms with Crippen LogP contribution in [0, 0.1) is 0 Å². The second kappa shape index (κ2) is 7.60. The molecule has 3 rings (SSSR count). The van der Waals surface area contributed by atoms with Crippen molar-refractivity contribution in [2.24, 2.45) is 0 Å². The maximum atomic E-state index is 12.5. The third kappa shape index (κ3) is 3.77. The highest BCUT2D eigenvalue weighted by molar-refractivity contribution is 5.92. The highest BCUT2D eigenvalue weighted by Crippen LogP contribution is 2.21. The Bertz CT molecular complexity index is 875. The van der Waals surface area contributed by atoms with Gasteiger partial charge in [0.05, 0.1) is 11.3 Å². The number of ether oxygens (including phenoxy) is 1. The molecule has 26 heavy (non-hydrogen) atoms. The van der Waals surface area contributed by atoms with Gasteiger partial charge < -0.3 is 9.64 Å². The first-order valence-corrected chi connectivity index (χ1v) is 7.98. The lowest BCUT2D eigenvalue weighted by Gasteiger charge is -2.21. The fourth-order valence-corrected chi connectivity index (χ4v) is 2.39. The second-order valence-electron chi connectivity index (χ2n) is 5.82. The van der Waals surface area contributed by atoms with Crippen LogP contribution in [0.25, 0.3) is 5.69 Å². The number of benzene rings is 2. The van der Waals surface area contributed by atoms with Gasteiger partial charge in [0.2, 0.25) is 6.10 Å². The van der Waals surface area contributed by atoms with E-state index in [9.17, 15) is 9.59 Å². The van der Waals surface area contributed by atoms with Crippen molar-refractivity contribution in [3.8, 4) is 5.69 Å². The molecule has 0 saturated carbocycles. The average Bonchev–Trinajstić information content (AvgIpc) is 3.21. The normalized spacial score (nSPS) is 11.6. The Morgan fingerprint density at radius 1 is 1.04 bits per heavy atom. The van der Waals surface area contributed by atoms with Crippen LogP contribution >= 0.6 is 0 Å². The number of aromatic nitrogens is 3. The summed E-state index contributed by atoms with van der Waals surface area (Å²) in [7, 11) is 3.25. The summed E-state index contributed by atoms with van der Waals surface area (Å²) in [6, 6.07) is 15.7. The van der Waals surface area contributed by atoms with E-state index in [1.165, 1.54) is 11.2 Å². The summed E-state index contributed by atoms with van der Waals surface area (Å²) in [5.74, 6) is -0.872. The van der Waals surface area contributed by atoms with E-state index in [2.05, 4.69) is 10.1 Å². The molecule has 3 aromatic rings. The minimum Gasteiger partial charge on any atom is -0.444 e. The summed E-state index contributed by atoms with van der Waals surface area (Å²) in [5.41, 5.74) is 1.74. The lowest BCUT2D eigenvalue weighted by Crippen LogP contribution is -2.31. The van der Waals surface area contributed by atoms with Crippen LogP contribution in [0.4, 0.5) is 0 Å². The van der Waals surface area contributed by atoms with E-state index in [-0.39, 0.29) is 5.91 Å². The van der Waals surface area contributed by atoms with Gasteiger partial charge in [0.25, 0.3) is 5.91 Å². The largest absolute Gasteiger partial charge is 0.444 e. The molecule has 0 aliphatic heterocycles. The molecule has 0 aliphatic carbocycles. The van der Waals surface area contributed by atoms with Gasteiger partial charge in [-0.3, -0.25) is 4.79 Å². The molecule has 0 bridgehead atoms. The lowest BCUT2D eigenvalue weighted by molar-refractivity contribution is -0.138. The highest BCUT2D eigenvalue weighted by atomic mass is 16.5. The molecule has 0 N–H and O–H groups in total. The summed E-state index contributed by atoms with van der Waals surface area (Å²) < 4.78 is 7.09. The third-order valence-corrected chi connectivity index (χ3v) is 3.78. The molecular weight excluding hydrogens is 332 g/mol. The van der Waals surface area contributed by atoms with Crippen molar-refractivity contribution in [3.63, 3.8) is 0 Å². The van der Waals surface area contributed by atoms with E-state index in [0.29, 0.717) is 11.1 Å². The van der Waals surface area contributed by atoms with Crippen LogP contribution in [0.2, 0.25) is 0 Å². The van der Waals surface area contributed by atoms with Gasteiger partial charge >= 0.3 is 5.97 Å². The van der Waals surface area contributed by atoms with Crippen LogP contribution < -0.4 is 0 Å². The molecule has 0 saturated heterocycles. The molecule has 0 unspecified atom stereocenters. The summed E-state index contributed by atoms with van der Waals surface area (Å²) in [6.45, 7) is 0. The van der Waals surface area contributed by atoms with Crippen molar-refractivity contribution in [2.45, 2.75) is 6.10 Å². The Morgan fingerprint density at radius 2 is 1.73 bits per heavy atom. The number of carbonyl (C=O) groups is 2. The van der Waals surface area contributed by atoms with Crippen LogP contribution in [0.5, 0.6) is 0 Å². The number of hydrogen-bond acceptors (Lipinski definition) is 5. The number of nitrogens with zero attached hydrogens (tertiary/aromatic N) is 4. The highest BCUT2D eigenvalue weighted by Gasteiger charge is 2.26. The van der Waals surface area contributed by atoms with E-state index >= 15 is 0 Å². The van der Waals surface area contributed by atoms with Crippen molar-refractivity contribution in [1.29, 1.82) is 0 Å². The van der Waals surface area contributed by atoms with Crippen molar-refractivity contribution in [2.75, 3.05) is 14.1 Å². The van der Waals surface area contributed by atoms with E-state index in [1.54, 1.807) is 73.6 Å². The minimum atomic E-state index is -0.992. The molecule has 1 amide bonds. The molecule has 132 valence electrons. The fraction of sp³-hybridized carbons (Fsp3) is 0.158. The van der Waals surface area contributed by atoms with Crippen molar-refractivity contribution < 1.29 is 14.3 Å². The Hall–Kier alpha value is -3.48.